The van der Waals surface area contributed by atoms with Gasteiger partial charge in [-0.2, -0.15) is 0 Å². The number of carbonyl (C=O) groups excluding carboxylic acids is 3. The van der Waals surface area contributed by atoms with Crippen LogP contribution in [-0.2, 0) is 22.7 Å². The summed E-state index contributed by atoms with van der Waals surface area (Å²) in [7, 11) is 0. The summed E-state index contributed by atoms with van der Waals surface area (Å²) in [6, 6.07) is 6.09. The number of hydrogen-bond donors (Lipinski definition) is 2. The van der Waals surface area contributed by atoms with Crippen LogP contribution in [0.1, 0.15) is 47.2 Å². The van der Waals surface area contributed by atoms with Gasteiger partial charge < -0.3 is 10.2 Å². The van der Waals surface area contributed by atoms with Crippen LogP contribution >= 0.6 is 0 Å². The smallest absolute Gasteiger partial charge is 0.255 e. The van der Waals surface area contributed by atoms with Crippen molar-refractivity contribution in [3.05, 3.63) is 34.9 Å². The lowest BCUT2D eigenvalue weighted by molar-refractivity contribution is -0.136. The Morgan fingerprint density at radius 1 is 1.03 bits per heavy atom. The van der Waals surface area contributed by atoms with Crippen molar-refractivity contribution in [2.24, 2.45) is 0 Å². The van der Waals surface area contributed by atoms with Gasteiger partial charge in [0, 0.05) is 63.8 Å². The summed E-state index contributed by atoms with van der Waals surface area (Å²) in [5.41, 5.74) is 2.80. The molecule has 3 saturated heterocycles. The van der Waals surface area contributed by atoms with Gasteiger partial charge in [0.25, 0.3) is 5.91 Å². The first kappa shape index (κ1) is 20.6. The number of hydrogen-bond acceptors (Lipinski definition) is 6. The SMILES string of the molecule is O=C1CCC(N2Cc3cccc(CN4CCCC(N5CCNCC5)C4)c3C2=O)C(=O)N1. The molecular formula is C23H31N5O3. The number of fused-ring (bicyclic) bond motifs is 1. The lowest BCUT2D eigenvalue weighted by Gasteiger charge is -2.41. The maximum absolute atomic E-state index is 13.3. The van der Waals surface area contributed by atoms with Gasteiger partial charge in [0.05, 0.1) is 0 Å². The molecule has 0 spiro atoms. The van der Waals surface area contributed by atoms with E-state index in [1.165, 1.54) is 12.8 Å². The van der Waals surface area contributed by atoms with Crippen LogP contribution in [0.2, 0.25) is 0 Å². The van der Waals surface area contributed by atoms with Crippen LogP contribution in [0.4, 0.5) is 0 Å². The number of nitrogens with zero attached hydrogens (tertiary/aromatic N) is 3. The van der Waals surface area contributed by atoms with E-state index in [9.17, 15) is 14.4 Å². The van der Waals surface area contributed by atoms with Crippen molar-refractivity contribution in [1.29, 1.82) is 0 Å². The molecular weight excluding hydrogens is 394 g/mol. The molecule has 8 nitrogen and oxygen atoms in total. The fourth-order valence-corrected chi connectivity index (χ4v) is 5.58. The molecule has 4 heterocycles. The number of rotatable bonds is 4. The van der Waals surface area contributed by atoms with E-state index in [0.29, 0.717) is 19.0 Å². The van der Waals surface area contributed by atoms with E-state index in [4.69, 9.17) is 0 Å². The van der Waals surface area contributed by atoms with Gasteiger partial charge >= 0.3 is 0 Å². The number of piperazine rings is 1. The molecule has 0 saturated carbocycles. The molecule has 2 atom stereocenters. The van der Waals surface area contributed by atoms with Crippen LogP contribution in [0.5, 0.6) is 0 Å². The van der Waals surface area contributed by atoms with Gasteiger partial charge in [0.15, 0.2) is 0 Å². The molecule has 5 rings (SSSR count). The molecule has 0 aliphatic carbocycles. The lowest BCUT2D eigenvalue weighted by Crippen LogP contribution is -2.54. The summed E-state index contributed by atoms with van der Waals surface area (Å²) in [5.74, 6) is -0.681. The van der Waals surface area contributed by atoms with Crippen molar-refractivity contribution < 1.29 is 14.4 Å². The Hall–Kier alpha value is -2.29. The van der Waals surface area contributed by atoms with Gasteiger partial charge in [-0.25, -0.2) is 0 Å². The molecule has 0 aromatic heterocycles. The second-order valence-corrected chi connectivity index (χ2v) is 9.17. The monoisotopic (exact) mass is 425 g/mol. The highest BCUT2D eigenvalue weighted by molar-refractivity contribution is 6.05. The Kier molecular flexibility index (Phi) is 5.77. The lowest BCUT2D eigenvalue weighted by atomic mass is 9.99. The summed E-state index contributed by atoms with van der Waals surface area (Å²) >= 11 is 0. The maximum atomic E-state index is 13.3. The van der Waals surface area contributed by atoms with Crippen LogP contribution in [0, 0.1) is 0 Å². The third-order valence-corrected chi connectivity index (χ3v) is 7.18. The number of likely N-dealkylation sites (tertiary alicyclic amines) is 1. The third-order valence-electron chi connectivity index (χ3n) is 7.18. The Balaban J connectivity index is 1.29. The molecule has 166 valence electrons. The standard InChI is InChI=1S/C23H31N5O3/c29-20-7-6-19(22(30)25-20)28-14-17-4-1-3-16(21(17)23(28)31)13-26-10-2-5-18(15-26)27-11-8-24-9-12-27/h1,3-4,18-19,24H,2,5-15H2,(H,25,29,30). The van der Waals surface area contributed by atoms with E-state index in [2.05, 4.69) is 26.5 Å². The minimum absolute atomic E-state index is 0.0734. The highest BCUT2D eigenvalue weighted by atomic mass is 16.2. The van der Waals surface area contributed by atoms with Gasteiger partial charge in [-0.05, 0) is 36.9 Å². The molecule has 4 aliphatic heterocycles. The quantitative estimate of drug-likeness (QED) is 0.676. The van der Waals surface area contributed by atoms with E-state index in [0.717, 1.165) is 62.5 Å². The van der Waals surface area contributed by atoms with Gasteiger partial charge in [0.2, 0.25) is 11.8 Å². The molecule has 1 aromatic rings. The second kappa shape index (κ2) is 8.68. The van der Waals surface area contributed by atoms with Crippen LogP contribution in [0.25, 0.3) is 0 Å². The van der Waals surface area contributed by atoms with Crippen molar-refractivity contribution >= 4 is 17.7 Å². The molecule has 0 radical (unpaired) electrons. The first-order chi connectivity index (χ1) is 15.1. The number of piperidine rings is 2. The van der Waals surface area contributed by atoms with Crippen molar-refractivity contribution in [3.63, 3.8) is 0 Å². The zero-order chi connectivity index (χ0) is 21.4. The molecule has 3 amide bonds. The topological polar surface area (TPSA) is 85.0 Å². The van der Waals surface area contributed by atoms with E-state index in [1.54, 1.807) is 4.90 Å². The number of imide groups is 1. The summed E-state index contributed by atoms with van der Waals surface area (Å²) in [5, 5.41) is 5.81. The predicted octanol–water partition coefficient (Wildman–Crippen LogP) is 0.317. The van der Waals surface area contributed by atoms with Gasteiger partial charge in [0.1, 0.15) is 6.04 Å². The molecule has 0 bridgehead atoms. The normalized spacial score (nSPS) is 28.0. The Morgan fingerprint density at radius 3 is 2.68 bits per heavy atom. The van der Waals surface area contributed by atoms with Gasteiger partial charge in [-0.3, -0.25) is 29.5 Å². The Labute approximate surface area is 182 Å². The Morgan fingerprint density at radius 2 is 1.87 bits per heavy atom. The van der Waals surface area contributed by atoms with Crippen molar-refractivity contribution in [2.75, 3.05) is 39.3 Å². The third kappa shape index (κ3) is 4.12. The molecule has 8 heteroatoms. The van der Waals surface area contributed by atoms with E-state index in [1.807, 2.05) is 12.1 Å². The molecule has 4 aliphatic rings. The highest BCUT2D eigenvalue weighted by Gasteiger charge is 2.40. The van der Waals surface area contributed by atoms with Gasteiger partial charge in [-0.1, -0.05) is 18.2 Å². The van der Waals surface area contributed by atoms with Crippen LogP contribution in [-0.4, -0.2) is 83.8 Å². The van der Waals surface area contributed by atoms with Gasteiger partial charge in [-0.15, -0.1) is 0 Å². The number of benzene rings is 1. The second-order valence-electron chi connectivity index (χ2n) is 9.17. The molecule has 2 unspecified atom stereocenters. The fraction of sp³-hybridized carbons (Fsp3) is 0.609. The summed E-state index contributed by atoms with van der Waals surface area (Å²) in [4.78, 5) is 43.9. The molecule has 31 heavy (non-hydrogen) atoms. The zero-order valence-corrected chi connectivity index (χ0v) is 17.9. The van der Waals surface area contributed by atoms with Crippen molar-refractivity contribution in [2.45, 2.75) is 50.9 Å². The predicted molar refractivity (Wildman–Crippen MR) is 115 cm³/mol. The minimum Gasteiger partial charge on any atom is -0.322 e. The number of nitrogens with one attached hydrogen (secondary N) is 2. The summed E-state index contributed by atoms with van der Waals surface area (Å²) in [6.45, 7) is 7.64. The van der Waals surface area contributed by atoms with E-state index < -0.39 is 6.04 Å². The summed E-state index contributed by atoms with van der Waals surface area (Å²) in [6.07, 6.45) is 3.11. The van der Waals surface area contributed by atoms with Crippen molar-refractivity contribution in [3.8, 4) is 0 Å². The average molecular weight is 426 g/mol. The van der Waals surface area contributed by atoms with Crippen LogP contribution in [0.15, 0.2) is 18.2 Å². The molecule has 2 N–H and O–H groups in total. The Bertz CT molecular complexity index is 882. The summed E-state index contributed by atoms with van der Waals surface area (Å²) < 4.78 is 0. The maximum Gasteiger partial charge on any atom is 0.255 e. The number of amides is 3. The zero-order valence-electron chi connectivity index (χ0n) is 17.9. The van der Waals surface area contributed by atoms with E-state index >= 15 is 0 Å². The fourth-order valence-electron chi connectivity index (χ4n) is 5.58. The van der Waals surface area contributed by atoms with Crippen LogP contribution < -0.4 is 10.6 Å². The van der Waals surface area contributed by atoms with Crippen molar-refractivity contribution in [1.82, 2.24) is 25.3 Å². The number of carbonyl (C=O) groups is 3. The highest BCUT2D eigenvalue weighted by Crippen LogP contribution is 2.31. The first-order valence-corrected chi connectivity index (χ1v) is 11.5. The largest absolute Gasteiger partial charge is 0.322 e. The molecule has 1 aromatic carbocycles. The minimum atomic E-state index is -0.558. The first-order valence-electron chi connectivity index (χ1n) is 11.5. The average Bonchev–Trinajstić information content (AvgIpc) is 3.12. The molecule has 3 fully saturated rings. The van der Waals surface area contributed by atoms with E-state index in [-0.39, 0.29) is 24.1 Å². The van der Waals surface area contributed by atoms with Crippen LogP contribution in [0.3, 0.4) is 0 Å².